The van der Waals surface area contributed by atoms with Gasteiger partial charge in [-0.1, -0.05) is 30.3 Å². The number of carbonyl (C=O) groups is 1. The normalized spacial score (nSPS) is 9.55. The van der Waals surface area contributed by atoms with Crippen LogP contribution in [0.25, 0.3) is 17.3 Å². The SMILES string of the molecule is N#CC(C#N)=Cc1cn(CCC(=O)O)nc1-c1ccccc1. The molecular formula is C16H12N4O2. The number of carboxylic acid groups (broad SMARTS) is 1. The van der Waals surface area contributed by atoms with Gasteiger partial charge in [-0.2, -0.15) is 15.6 Å². The second kappa shape index (κ2) is 6.87. The lowest BCUT2D eigenvalue weighted by atomic mass is 10.1. The Labute approximate surface area is 127 Å². The topological polar surface area (TPSA) is 103 Å². The van der Waals surface area contributed by atoms with Gasteiger partial charge in [-0.25, -0.2) is 0 Å². The fraction of sp³-hybridized carbons (Fsp3) is 0.125. The maximum Gasteiger partial charge on any atom is 0.305 e. The number of aryl methyl sites for hydroxylation is 1. The van der Waals surface area contributed by atoms with Crippen LogP contribution in [-0.2, 0) is 11.3 Å². The van der Waals surface area contributed by atoms with Crippen LogP contribution in [0.1, 0.15) is 12.0 Å². The molecule has 1 heterocycles. The third-order valence-corrected chi connectivity index (χ3v) is 2.93. The summed E-state index contributed by atoms with van der Waals surface area (Å²) in [4.78, 5) is 10.7. The first-order chi connectivity index (χ1) is 10.6. The summed E-state index contributed by atoms with van der Waals surface area (Å²) in [7, 11) is 0. The monoisotopic (exact) mass is 292 g/mol. The number of hydrogen-bond acceptors (Lipinski definition) is 4. The zero-order valence-corrected chi connectivity index (χ0v) is 11.6. The zero-order chi connectivity index (χ0) is 15.9. The highest BCUT2D eigenvalue weighted by molar-refractivity contribution is 5.75. The molecule has 108 valence electrons. The van der Waals surface area contributed by atoms with Crippen molar-refractivity contribution in [3.8, 4) is 23.4 Å². The number of allylic oxidation sites excluding steroid dienone is 1. The zero-order valence-electron chi connectivity index (χ0n) is 11.6. The Morgan fingerprint density at radius 2 is 1.95 bits per heavy atom. The smallest absolute Gasteiger partial charge is 0.305 e. The van der Waals surface area contributed by atoms with E-state index in [0.29, 0.717) is 11.3 Å². The second-order valence-corrected chi connectivity index (χ2v) is 4.49. The van der Waals surface area contributed by atoms with E-state index in [1.807, 2.05) is 42.5 Å². The predicted molar refractivity (Wildman–Crippen MR) is 79.1 cm³/mol. The molecule has 0 amide bonds. The average Bonchev–Trinajstić information content (AvgIpc) is 2.94. The number of aliphatic carboxylic acids is 1. The molecule has 0 spiro atoms. The van der Waals surface area contributed by atoms with E-state index in [-0.39, 0.29) is 18.5 Å². The quantitative estimate of drug-likeness (QED) is 0.852. The number of aromatic nitrogens is 2. The summed E-state index contributed by atoms with van der Waals surface area (Å²) in [6, 6.07) is 12.9. The van der Waals surface area contributed by atoms with Crippen molar-refractivity contribution in [3.63, 3.8) is 0 Å². The molecule has 0 fully saturated rings. The van der Waals surface area contributed by atoms with Gasteiger partial charge >= 0.3 is 5.97 Å². The maximum absolute atomic E-state index is 10.7. The molecule has 1 aromatic carbocycles. The second-order valence-electron chi connectivity index (χ2n) is 4.49. The molecule has 0 aliphatic rings. The van der Waals surface area contributed by atoms with E-state index < -0.39 is 5.97 Å². The molecule has 0 radical (unpaired) electrons. The van der Waals surface area contributed by atoms with Crippen LogP contribution in [0, 0.1) is 22.7 Å². The summed E-state index contributed by atoms with van der Waals surface area (Å²) in [6.07, 6.45) is 3.04. The number of hydrogen-bond donors (Lipinski definition) is 1. The van der Waals surface area contributed by atoms with E-state index >= 15 is 0 Å². The average molecular weight is 292 g/mol. The Balaban J connectivity index is 2.46. The Kier molecular flexibility index (Phi) is 4.69. The van der Waals surface area contributed by atoms with E-state index in [9.17, 15) is 4.79 Å². The first-order valence-electron chi connectivity index (χ1n) is 6.50. The van der Waals surface area contributed by atoms with E-state index in [1.54, 1.807) is 6.20 Å². The van der Waals surface area contributed by atoms with Gasteiger partial charge in [-0.05, 0) is 6.08 Å². The molecule has 0 saturated carbocycles. The van der Waals surface area contributed by atoms with Crippen molar-refractivity contribution >= 4 is 12.0 Å². The van der Waals surface area contributed by atoms with Crippen molar-refractivity contribution in [3.05, 3.63) is 47.7 Å². The Morgan fingerprint density at radius 1 is 1.27 bits per heavy atom. The van der Waals surface area contributed by atoms with Crippen LogP contribution in [-0.4, -0.2) is 20.9 Å². The first-order valence-corrected chi connectivity index (χ1v) is 6.50. The molecular weight excluding hydrogens is 280 g/mol. The van der Waals surface area contributed by atoms with Crippen LogP contribution in [0.2, 0.25) is 0 Å². The summed E-state index contributed by atoms with van der Waals surface area (Å²) in [6.45, 7) is 0.220. The van der Waals surface area contributed by atoms with Crippen LogP contribution in [0.5, 0.6) is 0 Å². The van der Waals surface area contributed by atoms with E-state index in [2.05, 4.69) is 5.10 Å². The fourth-order valence-electron chi connectivity index (χ4n) is 1.93. The highest BCUT2D eigenvalue weighted by Gasteiger charge is 2.11. The van der Waals surface area contributed by atoms with Gasteiger partial charge in [-0.15, -0.1) is 0 Å². The number of nitriles is 2. The Bertz CT molecular complexity index is 776. The molecule has 6 heteroatoms. The molecule has 0 aliphatic heterocycles. The van der Waals surface area contributed by atoms with Crippen LogP contribution in [0.3, 0.4) is 0 Å². The third-order valence-electron chi connectivity index (χ3n) is 2.93. The lowest BCUT2D eigenvalue weighted by Crippen LogP contribution is -2.04. The summed E-state index contributed by atoms with van der Waals surface area (Å²) < 4.78 is 1.51. The molecule has 0 atom stereocenters. The standard InChI is InChI=1S/C16H12N4O2/c17-9-12(10-18)8-14-11-20(7-6-15(21)22)19-16(14)13-4-2-1-3-5-13/h1-5,8,11H,6-7H2,(H,21,22). The Hall–Kier alpha value is -3.38. The minimum atomic E-state index is -0.913. The minimum Gasteiger partial charge on any atom is -0.481 e. The molecule has 2 rings (SSSR count). The largest absolute Gasteiger partial charge is 0.481 e. The lowest BCUT2D eigenvalue weighted by molar-refractivity contribution is -0.137. The molecule has 6 nitrogen and oxygen atoms in total. The van der Waals surface area contributed by atoms with Gasteiger partial charge in [0.2, 0.25) is 0 Å². The van der Waals surface area contributed by atoms with Crippen molar-refractivity contribution in [2.45, 2.75) is 13.0 Å². The first kappa shape index (κ1) is 15.0. The maximum atomic E-state index is 10.7. The van der Waals surface area contributed by atoms with Crippen molar-refractivity contribution in [1.29, 1.82) is 10.5 Å². The fourth-order valence-corrected chi connectivity index (χ4v) is 1.93. The summed E-state index contributed by atoms with van der Waals surface area (Å²) in [5, 5.41) is 30.9. The van der Waals surface area contributed by atoms with Crippen molar-refractivity contribution in [2.75, 3.05) is 0 Å². The van der Waals surface area contributed by atoms with Crippen LogP contribution >= 0.6 is 0 Å². The molecule has 2 aromatic rings. The summed E-state index contributed by atoms with van der Waals surface area (Å²) in [5.74, 6) is -0.913. The van der Waals surface area contributed by atoms with E-state index in [1.165, 1.54) is 10.8 Å². The van der Waals surface area contributed by atoms with Crippen LogP contribution < -0.4 is 0 Å². The van der Waals surface area contributed by atoms with Gasteiger partial charge in [0.15, 0.2) is 0 Å². The predicted octanol–water partition coefficient (Wildman–Crippen LogP) is 2.46. The van der Waals surface area contributed by atoms with Gasteiger partial charge in [0.1, 0.15) is 17.7 Å². The van der Waals surface area contributed by atoms with E-state index in [0.717, 1.165) is 5.56 Å². The number of nitrogens with zero attached hydrogens (tertiary/aromatic N) is 4. The Morgan fingerprint density at radius 3 is 2.55 bits per heavy atom. The molecule has 0 aliphatic carbocycles. The molecule has 0 saturated heterocycles. The van der Waals surface area contributed by atoms with Crippen molar-refractivity contribution in [1.82, 2.24) is 9.78 Å². The molecule has 22 heavy (non-hydrogen) atoms. The highest BCUT2D eigenvalue weighted by atomic mass is 16.4. The van der Waals surface area contributed by atoms with Gasteiger partial charge < -0.3 is 5.11 Å². The van der Waals surface area contributed by atoms with E-state index in [4.69, 9.17) is 15.6 Å². The lowest BCUT2D eigenvalue weighted by Gasteiger charge is -1.98. The van der Waals surface area contributed by atoms with Gasteiger partial charge in [-0.3, -0.25) is 9.48 Å². The molecule has 1 aromatic heterocycles. The minimum absolute atomic E-state index is 0.0324. The van der Waals surface area contributed by atoms with Gasteiger partial charge in [0.05, 0.1) is 18.7 Å². The third kappa shape index (κ3) is 3.59. The molecule has 0 bridgehead atoms. The van der Waals surface area contributed by atoms with Crippen molar-refractivity contribution < 1.29 is 9.90 Å². The molecule has 0 unspecified atom stereocenters. The summed E-state index contributed by atoms with van der Waals surface area (Å²) in [5.41, 5.74) is 2.01. The number of carboxylic acids is 1. The molecule has 1 N–H and O–H groups in total. The number of rotatable bonds is 5. The van der Waals surface area contributed by atoms with Crippen LogP contribution in [0.4, 0.5) is 0 Å². The van der Waals surface area contributed by atoms with Gasteiger partial charge in [0, 0.05) is 17.3 Å². The van der Waals surface area contributed by atoms with Gasteiger partial charge in [0.25, 0.3) is 0 Å². The number of benzene rings is 1. The summed E-state index contributed by atoms with van der Waals surface area (Å²) >= 11 is 0. The van der Waals surface area contributed by atoms with Crippen LogP contribution in [0.15, 0.2) is 42.1 Å². The highest BCUT2D eigenvalue weighted by Crippen LogP contribution is 2.24. The van der Waals surface area contributed by atoms with Crippen molar-refractivity contribution in [2.24, 2.45) is 0 Å².